The van der Waals surface area contributed by atoms with Gasteiger partial charge < -0.3 is 0 Å². The number of rotatable bonds is 0. The highest BCUT2D eigenvalue weighted by Gasteiger charge is 2.39. The van der Waals surface area contributed by atoms with E-state index in [1.807, 2.05) is 0 Å². The number of fused-ring (bicyclic) bond motifs is 2. The molecular formula is C9H8N2. The van der Waals surface area contributed by atoms with E-state index in [9.17, 15) is 0 Å². The monoisotopic (exact) mass is 144 g/mol. The minimum Gasteiger partial charge on any atom is -0.193 e. The summed E-state index contributed by atoms with van der Waals surface area (Å²) in [6, 6.07) is 4.31. The summed E-state index contributed by atoms with van der Waals surface area (Å²) in [6.45, 7) is 0. The van der Waals surface area contributed by atoms with Gasteiger partial charge in [-0.2, -0.15) is 10.5 Å². The van der Waals surface area contributed by atoms with Gasteiger partial charge in [0.05, 0.1) is 12.1 Å². The van der Waals surface area contributed by atoms with Crippen LogP contribution in [-0.4, -0.2) is 0 Å². The lowest BCUT2D eigenvalue weighted by molar-refractivity contribution is 0.672. The molecule has 2 rings (SSSR count). The molecule has 0 saturated heterocycles. The van der Waals surface area contributed by atoms with Crippen LogP contribution in [0.2, 0.25) is 0 Å². The molecule has 0 aromatic rings. The first-order valence-electron chi connectivity index (χ1n) is 3.91. The second kappa shape index (κ2) is 2.10. The molecule has 2 nitrogen and oxygen atoms in total. The van der Waals surface area contributed by atoms with Crippen molar-refractivity contribution in [1.29, 1.82) is 10.5 Å². The molecule has 2 aliphatic carbocycles. The highest BCUT2D eigenvalue weighted by atomic mass is 14.4. The molecular weight excluding hydrogens is 136 g/mol. The molecule has 0 spiro atoms. The van der Waals surface area contributed by atoms with Crippen LogP contribution in [0.4, 0.5) is 0 Å². The van der Waals surface area contributed by atoms with Gasteiger partial charge in [-0.1, -0.05) is 0 Å². The third-order valence-electron chi connectivity index (χ3n) is 2.78. The first-order valence-corrected chi connectivity index (χ1v) is 3.91. The van der Waals surface area contributed by atoms with E-state index >= 15 is 0 Å². The Balaban J connectivity index is 2.46. The zero-order chi connectivity index (χ0) is 7.84. The Kier molecular flexibility index (Phi) is 1.23. The van der Waals surface area contributed by atoms with Crippen molar-refractivity contribution in [2.45, 2.75) is 19.3 Å². The fourth-order valence-electron chi connectivity index (χ4n) is 2.25. The minimum absolute atomic E-state index is 0.430. The van der Waals surface area contributed by atoms with Gasteiger partial charge in [-0.05, 0) is 31.1 Å². The van der Waals surface area contributed by atoms with Crippen molar-refractivity contribution in [2.24, 2.45) is 11.8 Å². The summed E-state index contributed by atoms with van der Waals surface area (Å²) in [5.41, 5.74) is 1.56. The maximum atomic E-state index is 8.73. The number of nitrogens with zero attached hydrogens (tertiary/aromatic N) is 2. The van der Waals surface area contributed by atoms with Crippen LogP contribution in [-0.2, 0) is 0 Å². The second-order valence-corrected chi connectivity index (χ2v) is 3.26. The summed E-state index contributed by atoms with van der Waals surface area (Å²) in [6.07, 6.45) is 3.31. The number of hydrogen-bond acceptors (Lipinski definition) is 2. The molecule has 0 heterocycles. The lowest BCUT2D eigenvalue weighted by Gasteiger charge is -2.07. The average Bonchev–Trinajstić information content (AvgIpc) is 2.60. The fourth-order valence-corrected chi connectivity index (χ4v) is 2.25. The quantitative estimate of drug-likeness (QED) is 0.520. The van der Waals surface area contributed by atoms with Crippen molar-refractivity contribution in [1.82, 2.24) is 0 Å². The van der Waals surface area contributed by atoms with Crippen molar-refractivity contribution in [3.8, 4) is 12.1 Å². The van der Waals surface area contributed by atoms with Gasteiger partial charge in [0.2, 0.25) is 0 Å². The minimum atomic E-state index is 0.430. The summed E-state index contributed by atoms with van der Waals surface area (Å²) in [7, 11) is 0. The zero-order valence-corrected chi connectivity index (χ0v) is 6.17. The molecule has 2 unspecified atom stereocenters. The van der Waals surface area contributed by atoms with Crippen LogP contribution in [0, 0.1) is 34.5 Å². The standard InChI is InChI=1S/C9H8N2/c10-4-8-6-1-2-7(3-6)9(8)5-11/h6-7H,1-3H2. The Morgan fingerprint density at radius 1 is 1.00 bits per heavy atom. The molecule has 1 saturated carbocycles. The van der Waals surface area contributed by atoms with Crippen molar-refractivity contribution >= 4 is 0 Å². The highest BCUT2D eigenvalue weighted by molar-refractivity contribution is 5.45. The molecule has 2 bridgehead atoms. The number of nitriles is 2. The van der Waals surface area contributed by atoms with Crippen LogP contribution in [0.15, 0.2) is 11.1 Å². The predicted molar refractivity (Wildman–Crippen MR) is 39.1 cm³/mol. The summed E-state index contributed by atoms with van der Waals surface area (Å²) < 4.78 is 0. The van der Waals surface area contributed by atoms with Gasteiger partial charge in [-0.15, -0.1) is 0 Å². The van der Waals surface area contributed by atoms with Crippen molar-refractivity contribution in [3.63, 3.8) is 0 Å². The van der Waals surface area contributed by atoms with E-state index in [2.05, 4.69) is 12.1 Å². The lowest BCUT2D eigenvalue weighted by Crippen LogP contribution is -1.99. The Morgan fingerprint density at radius 3 is 1.82 bits per heavy atom. The average molecular weight is 144 g/mol. The van der Waals surface area contributed by atoms with Crippen LogP contribution >= 0.6 is 0 Å². The third kappa shape index (κ3) is 0.700. The van der Waals surface area contributed by atoms with Gasteiger partial charge in [0.15, 0.2) is 0 Å². The Hall–Kier alpha value is -1.28. The largest absolute Gasteiger partial charge is 0.193 e. The zero-order valence-electron chi connectivity index (χ0n) is 6.17. The van der Waals surface area contributed by atoms with Crippen molar-refractivity contribution in [2.75, 3.05) is 0 Å². The first-order chi connectivity index (χ1) is 5.36. The van der Waals surface area contributed by atoms with Crippen LogP contribution in [0.3, 0.4) is 0 Å². The van der Waals surface area contributed by atoms with Crippen LogP contribution in [0.1, 0.15) is 19.3 Å². The van der Waals surface area contributed by atoms with Gasteiger partial charge in [-0.25, -0.2) is 0 Å². The van der Waals surface area contributed by atoms with E-state index in [-0.39, 0.29) is 0 Å². The Morgan fingerprint density at radius 2 is 1.45 bits per heavy atom. The molecule has 0 amide bonds. The smallest absolute Gasteiger partial charge is 0.0960 e. The molecule has 2 aliphatic rings. The summed E-state index contributed by atoms with van der Waals surface area (Å²) >= 11 is 0. The van der Waals surface area contributed by atoms with Crippen LogP contribution < -0.4 is 0 Å². The fraction of sp³-hybridized carbons (Fsp3) is 0.556. The van der Waals surface area contributed by atoms with Crippen molar-refractivity contribution < 1.29 is 0 Å². The molecule has 54 valence electrons. The number of allylic oxidation sites excluding steroid dienone is 2. The van der Waals surface area contributed by atoms with Crippen LogP contribution in [0.5, 0.6) is 0 Å². The molecule has 0 radical (unpaired) electrons. The van der Waals surface area contributed by atoms with Gasteiger partial charge in [0.1, 0.15) is 0 Å². The third-order valence-corrected chi connectivity index (χ3v) is 2.78. The Bertz CT molecular complexity index is 271. The SMILES string of the molecule is N#CC1=C(C#N)C2CCC1C2. The van der Waals surface area contributed by atoms with Gasteiger partial charge in [0.25, 0.3) is 0 Å². The Labute approximate surface area is 65.7 Å². The van der Waals surface area contributed by atoms with Crippen molar-refractivity contribution in [3.05, 3.63) is 11.1 Å². The number of hydrogen-bond donors (Lipinski definition) is 0. The van der Waals surface area contributed by atoms with E-state index in [4.69, 9.17) is 10.5 Å². The van der Waals surface area contributed by atoms with E-state index in [0.717, 1.165) is 30.4 Å². The molecule has 2 heteroatoms. The predicted octanol–water partition coefficient (Wildman–Crippen LogP) is 1.76. The maximum absolute atomic E-state index is 8.73. The van der Waals surface area contributed by atoms with Gasteiger partial charge in [0, 0.05) is 11.1 Å². The molecule has 0 aliphatic heterocycles. The molecule has 2 atom stereocenters. The van der Waals surface area contributed by atoms with E-state index < -0.39 is 0 Å². The van der Waals surface area contributed by atoms with E-state index in [1.165, 1.54) is 0 Å². The topological polar surface area (TPSA) is 47.6 Å². The lowest BCUT2D eigenvalue weighted by atomic mass is 9.93. The first kappa shape index (κ1) is 6.43. The van der Waals surface area contributed by atoms with E-state index in [0.29, 0.717) is 11.8 Å². The summed E-state index contributed by atoms with van der Waals surface area (Å²) in [5.74, 6) is 0.860. The maximum Gasteiger partial charge on any atom is 0.0960 e. The van der Waals surface area contributed by atoms with Crippen LogP contribution in [0.25, 0.3) is 0 Å². The molecule has 11 heavy (non-hydrogen) atoms. The molecule has 1 fully saturated rings. The molecule has 0 aromatic carbocycles. The van der Waals surface area contributed by atoms with E-state index in [1.54, 1.807) is 0 Å². The molecule has 0 aromatic heterocycles. The molecule has 0 N–H and O–H groups in total. The summed E-state index contributed by atoms with van der Waals surface area (Å²) in [4.78, 5) is 0. The normalized spacial score (nSPS) is 33.6. The summed E-state index contributed by atoms with van der Waals surface area (Å²) in [5, 5.41) is 17.5. The second-order valence-electron chi connectivity index (χ2n) is 3.26. The van der Waals surface area contributed by atoms with Gasteiger partial charge >= 0.3 is 0 Å². The van der Waals surface area contributed by atoms with Gasteiger partial charge in [-0.3, -0.25) is 0 Å². The highest BCUT2D eigenvalue weighted by Crippen LogP contribution is 2.47.